The number of hydrogen-bond donors (Lipinski definition) is 2. The van der Waals surface area contributed by atoms with E-state index in [1.165, 1.54) is 19.0 Å². The van der Waals surface area contributed by atoms with Crippen LogP contribution in [0.5, 0.6) is 0 Å². The lowest BCUT2D eigenvalue weighted by molar-refractivity contribution is 0.0694. The van der Waals surface area contributed by atoms with Crippen LogP contribution in [-0.2, 0) is 0 Å². The number of nitrogens with zero attached hydrogens (tertiary/aromatic N) is 2. The minimum absolute atomic E-state index is 0.0724. The molecule has 1 aliphatic rings. The second-order valence-corrected chi connectivity index (χ2v) is 5.08. The van der Waals surface area contributed by atoms with Crippen LogP contribution in [0, 0.1) is 0 Å². The Morgan fingerprint density at radius 1 is 1.44 bits per heavy atom. The molecule has 0 atom stereocenters. The van der Waals surface area contributed by atoms with E-state index in [2.05, 4.69) is 15.3 Å². The van der Waals surface area contributed by atoms with E-state index < -0.39 is 5.97 Å². The number of anilines is 1. The maximum Gasteiger partial charge on any atom is 0.339 e. The van der Waals surface area contributed by atoms with Crippen LogP contribution in [0.3, 0.4) is 0 Å². The molecule has 0 amide bonds. The monoisotopic (exact) mass is 249 g/mol. The number of aromatic nitrogens is 2. The molecule has 0 aromatic carbocycles. The third-order valence-electron chi connectivity index (χ3n) is 3.28. The molecule has 5 heteroatoms. The van der Waals surface area contributed by atoms with Crippen molar-refractivity contribution in [3.8, 4) is 0 Å². The third kappa shape index (κ3) is 2.78. The van der Waals surface area contributed by atoms with Gasteiger partial charge < -0.3 is 10.4 Å². The maximum atomic E-state index is 11.1. The van der Waals surface area contributed by atoms with Gasteiger partial charge in [0.1, 0.15) is 0 Å². The van der Waals surface area contributed by atoms with Gasteiger partial charge in [-0.15, -0.1) is 0 Å². The lowest BCUT2D eigenvalue weighted by atomic mass is 10.1. The second-order valence-electron chi connectivity index (χ2n) is 5.08. The van der Waals surface area contributed by atoms with Crippen molar-refractivity contribution in [3.05, 3.63) is 17.5 Å². The van der Waals surface area contributed by atoms with E-state index >= 15 is 0 Å². The van der Waals surface area contributed by atoms with E-state index in [0.29, 0.717) is 17.7 Å². The fourth-order valence-electron chi connectivity index (χ4n) is 2.32. The summed E-state index contributed by atoms with van der Waals surface area (Å²) in [6.07, 6.45) is 6.16. The first-order chi connectivity index (χ1) is 8.58. The topological polar surface area (TPSA) is 75.1 Å². The number of aromatic carboxylic acids is 1. The SMILES string of the molecule is CC(C)c1nc(NC2CCCC2)ncc1C(=O)O. The molecule has 0 radical (unpaired) electrons. The molecular weight excluding hydrogens is 230 g/mol. The predicted molar refractivity (Wildman–Crippen MR) is 69.0 cm³/mol. The fraction of sp³-hybridized carbons (Fsp3) is 0.615. The van der Waals surface area contributed by atoms with Crippen LogP contribution in [0.15, 0.2) is 6.20 Å². The zero-order valence-corrected chi connectivity index (χ0v) is 10.8. The Kier molecular flexibility index (Phi) is 3.79. The summed E-state index contributed by atoms with van der Waals surface area (Å²) < 4.78 is 0. The Hall–Kier alpha value is -1.65. The van der Waals surface area contributed by atoms with Gasteiger partial charge in [-0.05, 0) is 18.8 Å². The average molecular weight is 249 g/mol. The fourth-order valence-corrected chi connectivity index (χ4v) is 2.32. The lowest BCUT2D eigenvalue weighted by Gasteiger charge is -2.14. The van der Waals surface area contributed by atoms with Gasteiger partial charge in [0.05, 0.1) is 11.3 Å². The highest BCUT2D eigenvalue weighted by Crippen LogP contribution is 2.22. The molecule has 2 rings (SSSR count). The van der Waals surface area contributed by atoms with Gasteiger partial charge >= 0.3 is 5.97 Å². The first-order valence-electron chi connectivity index (χ1n) is 6.44. The highest BCUT2D eigenvalue weighted by atomic mass is 16.4. The molecule has 98 valence electrons. The van der Waals surface area contributed by atoms with Crippen molar-refractivity contribution in [1.82, 2.24) is 9.97 Å². The van der Waals surface area contributed by atoms with Gasteiger partial charge in [0, 0.05) is 12.2 Å². The molecule has 0 spiro atoms. The summed E-state index contributed by atoms with van der Waals surface area (Å²) >= 11 is 0. The third-order valence-corrected chi connectivity index (χ3v) is 3.28. The number of carboxylic acids is 1. The molecule has 1 aliphatic carbocycles. The first-order valence-corrected chi connectivity index (χ1v) is 6.44. The Morgan fingerprint density at radius 2 is 2.11 bits per heavy atom. The number of nitrogens with one attached hydrogen (secondary N) is 1. The molecule has 18 heavy (non-hydrogen) atoms. The second kappa shape index (κ2) is 5.33. The smallest absolute Gasteiger partial charge is 0.339 e. The van der Waals surface area contributed by atoms with Crippen LogP contribution in [0.1, 0.15) is 61.5 Å². The van der Waals surface area contributed by atoms with E-state index in [9.17, 15) is 4.79 Å². The van der Waals surface area contributed by atoms with E-state index in [1.807, 2.05) is 13.8 Å². The minimum Gasteiger partial charge on any atom is -0.478 e. The molecule has 1 saturated carbocycles. The summed E-state index contributed by atoms with van der Waals surface area (Å²) in [5.74, 6) is -0.343. The molecule has 0 saturated heterocycles. The van der Waals surface area contributed by atoms with Crippen LogP contribution in [-0.4, -0.2) is 27.1 Å². The van der Waals surface area contributed by atoms with Gasteiger partial charge in [-0.2, -0.15) is 0 Å². The molecule has 1 fully saturated rings. The van der Waals surface area contributed by atoms with Crippen molar-refractivity contribution in [3.63, 3.8) is 0 Å². The normalized spacial score (nSPS) is 16.2. The summed E-state index contributed by atoms with van der Waals surface area (Å²) in [5, 5.41) is 12.4. The summed E-state index contributed by atoms with van der Waals surface area (Å²) in [6.45, 7) is 3.88. The van der Waals surface area contributed by atoms with Crippen molar-refractivity contribution in [2.45, 2.75) is 51.5 Å². The van der Waals surface area contributed by atoms with Crippen LogP contribution in [0.4, 0.5) is 5.95 Å². The van der Waals surface area contributed by atoms with E-state index in [0.717, 1.165) is 12.8 Å². The van der Waals surface area contributed by atoms with E-state index in [-0.39, 0.29) is 11.5 Å². The summed E-state index contributed by atoms with van der Waals surface area (Å²) in [4.78, 5) is 19.5. The molecule has 0 bridgehead atoms. The molecule has 1 heterocycles. The quantitative estimate of drug-likeness (QED) is 0.858. The Balaban J connectivity index is 2.22. The Labute approximate surface area is 107 Å². The van der Waals surface area contributed by atoms with Gasteiger partial charge in [-0.25, -0.2) is 14.8 Å². The zero-order valence-electron chi connectivity index (χ0n) is 10.8. The van der Waals surface area contributed by atoms with Crippen LogP contribution in [0.25, 0.3) is 0 Å². The van der Waals surface area contributed by atoms with E-state index in [4.69, 9.17) is 5.11 Å². The summed E-state index contributed by atoms with van der Waals surface area (Å²) in [5.41, 5.74) is 0.792. The van der Waals surface area contributed by atoms with Crippen molar-refractivity contribution in [2.24, 2.45) is 0 Å². The average Bonchev–Trinajstić information content (AvgIpc) is 2.81. The van der Waals surface area contributed by atoms with Gasteiger partial charge in [-0.3, -0.25) is 0 Å². The molecule has 0 unspecified atom stereocenters. The number of carboxylic acid groups (broad SMARTS) is 1. The van der Waals surface area contributed by atoms with Gasteiger partial charge in [0.15, 0.2) is 0 Å². The van der Waals surface area contributed by atoms with Crippen molar-refractivity contribution in [1.29, 1.82) is 0 Å². The largest absolute Gasteiger partial charge is 0.478 e. The molecule has 1 aromatic heterocycles. The first kappa shape index (κ1) is 12.8. The van der Waals surface area contributed by atoms with Crippen molar-refractivity contribution >= 4 is 11.9 Å². The summed E-state index contributed by atoms with van der Waals surface area (Å²) in [7, 11) is 0. The summed E-state index contributed by atoms with van der Waals surface area (Å²) in [6, 6.07) is 0.431. The minimum atomic E-state index is -0.967. The molecule has 0 aliphatic heterocycles. The zero-order chi connectivity index (χ0) is 13.1. The Morgan fingerprint density at radius 3 is 2.67 bits per heavy atom. The van der Waals surface area contributed by atoms with Gasteiger partial charge in [0.2, 0.25) is 5.95 Å². The molecule has 1 aromatic rings. The highest BCUT2D eigenvalue weighted by molar-refractivity contribution is 5.88. The number of rotatable bonds is 4. The van der Waals surface area contributed by atoms with Gasteiger partial charge in [-0.1, -0.05) is 26.7 Å². The van der Waals surface area contributed by atoms with Crippen LogP contribution >= 0.6 is 0 Å². The number of hydrogen-bond acceptors (Lipinski definition) is 4. The van der Waals surface area contributed by atoms with E-state index in [1.54, 1.807) is 0 Å². The predicted octanol–water partition coefficient (Wildman–Crippen LogP) is 2.65. The van der Waals surface area contributed by atoms with Crippen molar-refractivity contribution < 1.29 is 9.90 Å². The molecule has 2 N–H and O–H groups in total. The standard InChI is InChI=1S/C13H19N3O2/c1-8(2)11-10(12(17)18)7-14-13(16-11)15-9-5-3-4-6-9/h7-9H,3-6H2,1-2H3,(H,17,18)(H,14,15,16). The number of carbonyl (C=O) groups is 1. The maximum absolute atomic E-state index is 11.1. The van der Waals surface area contributed by atoms with Gasteiger partial charge in [0.25, 0.3) is 0 Å². The van der Waals surface area contributed by atoms with Crippen molar-refractivity contribution in [2.75, 3.05) is 5.32 Å². The van der Waals surface area contributed by atoms with Crippen LogP contribution < -0.4 is 5.32 Å². The highest BCUT2D eigenvalue weighted by Gasteiger charge is 2.19. The lowest BCUT2D eigenvalue weighted by Crippen LogP contribution is -2.18. The molecule has 5 nitrogen and oxygen atoms in total. The van der Waals surface area contributed by atoms with Crippen LogP contribution in [0.2, 0.25) is 0 Å². The Bertz CT molecular complexity index is 440. The molecular formula is C13H19N3O2.